The minimum atomic E-state index is -0.567. The fourth-order valence-electron chi connectivity index (χ4n) is 3.56. The van der Waals surface area contributed by atoms with Crippen molar-refractivity contribution in [2.75, 3.05) is 23.4 Å². The first-order valence-electron chi connectivity index (χ1n) is 9.96. The second kappa shape index (κ2) is 9.37. The van der Waals surface area contributed by atoms with Gasteiger partial charge in [-0.25, -0.2) is 0 Å². The molecule has 0 saturated carbocycles. The van der Waals surface area contributed by atoms with E-state index in [1.165, 1.54) is 0 Å². The number of hydrogen-bond acceptors (Lipinski definition) is 4. The van der Waals surface area contributed by atoms with Gasteiger partial charge in [0.15, 0.2) is 6.61 Å². The predicted octanol–water partition coefficient (Wildman–Crippen LogP) is 3.35. The summed E-state index contributed by atoms with van der Waals surface area (Å²) in [7, 11) is 0. The number of carbonyl (C=O) groups excluding carboxylic acids is 3. The van der Waals surface area contributed by atoms with E-state index in [-0.39, 0.29) is 25.5 Å². The topological polar surface area (TPSA) is 75.7 Å². The quantitative estimate of drug-likeness (QED) is 0.731. The molecule has 2 aromatic carbocycles. The number of nitrogens with one attached hydrogen (secondary N) is 1. The van der Waals surface area contributed by atoms with Gasteiger partial charge in [0.25, 0.3) is 5.91 Å². The third-order valence-corrected chi connectivity index (χ3v) is 5.14. The predicted molar refractivity (Wildman–Crippen MR) is 112 cm³/mol. The summed E-state index contributed by atoms with van der Waals surface area (Å²) in [5.41, 5.74) is 3.63. The van der Waals surface area contributed by atoms with E-state index >= 15 is 0 Å². The van der Waals surface area contributed by atoms with Crippen molar-refractivity contribution in [2.45, 2.75) is 33.1 Å². The molecule has 1 atom stereocenters. The molecular weight excluding hydrogens is 368 g/mol. The first-order chi connectivity index (χ1) is 14.0. The SMILES string of the molecule is CCc1ccccc1NC(=O)COC(=O)[C@@H]1CC(=O)N(c2ccccc2CC)C1. The normalized spacial score (nSPS) is 16.0. The maximum absolute atomic E-state index is 12.4. The molecule has 0 bridgehead atoms. The summed E-state index contributed by atoms with van der Waals surface area (Å²) in [5, 5.41) is 2.77. The molecule has 29 heavy (non-hydrogen) atoms. The Bertz CT molecular complexity index is 909. The first kappa shape index (κ1) is 20.6. The summed E-state index contributed by atoms with van der Waals surface area (Å²) in [6, 6.07) is 15.2. The van der Waals surface area contributed by atoms with E-state index in [0.717, 1.165) is 35.3 Å². The number of rotatable bonds is 7. The molecule has 0 aromatic heterocycles. The number of esters is 1. The van der Waals surface area contributed by atoms with Crippen molar-refractivity contribution in [3.05, 3.63) is 59.7 Å². The van der Waals surface area contributed by atoms with Crippen molar-refractivity contribution < 1.29 is 19.1 Å². The van der Waals surface area contributed by atoms with E-state index in [9.17, 15) is 14.4 Å². The summed E-state index contributed by atoms with van der Waals surface area (Å²) >= 11 is 0. The van der Waals surface area contributed by atoms with Crippen LogP contribution in [0.15, 0.2) is 48.5 Å². The Morgan fingerprint density at radius 3 is 2.41 bits per heavy atom. The molecule has 1 heterocycles. The molecule has 152 valence electrons. The number of aryl methyl sites for hydroxylation is 2. The van der Waals surface area contributed by atoms with Crippen LogP contribution < -0.4 is 10.2 Å². The number of nitrogens with zero attached hydrogens (tertiary/aromatic N) is 1. The molecule has 1 fully saturated rings. The lowest BCUT2D eigenvalue weighted by Crippen LogP contribution is -2.28. The van der Waals surface area contributed by atoms with Crippen LogP contribution in [0.5, 0.6) is 0 Å². The van der Waals surface area contributed by atoms with E-state index in [1.54, 1.807) is 4.90 Å². The maximum Gasteiger partial charge on any atom is 0.311 e. The van der Waals surface area contributed by atoms with Crippen molar-refractivity contribution in [1.82, 2.24) is 0 Å². The van der Waals surface area contributed by atoms with Crippen LogP contribution in [-0.2, 0) is 32.0 Å². The number of benzene rings is 2. The summed E-state index contributed by atoms with van der Waals surface area (Å²) < 4.78 is 5.19. The van der Waals surface area contributed by atoms with Gasteiger partial charge in [0.1, 0.15) is 0 Å². The van der Waals surface area contributed by atoms with E-state index in [0.29, 0.717) is 0 Å². The zero-order chi connectivity index (χ0) is 20.8. The number of carbonyl (C=O) groups is 3. The van der Waals surface area contributed by atoms with Gasteiger partial charge < -0.3 is 15.0 Å². The van der Waals surface area contributed by atoms with Gasteiger partial charge in [0, 0.05) is 24.3 Å². The molecule has 6 nitrogen and oxygen atoms in total. The Morgan fingerprint density at radius 1 is 1.03 bits per heavy atom. The van der Waals surface area contributed by atoms with Gasteiger partial charge in [-0.1, -0.05) is 50.2 Å². The molecule has 1 N–H and O–H groups in total. The fraction of sp³-hybridized carbons (Fsp3) is 0.348. The highest BCUT2D eigenvalue weighted by atomic mass is 16.5. The molecular formula is C23H26N2O4. The van der Waals surface area contributed by atoms with Crippen molar-refractivity contribution in [2.24, 2.45) is 5.92 Å². The van der Waals surface area contributed by atoms with Crippen molar-refractivity contribution >= 4 is 29.2 Å². The standard InChI is InChI=1S/C23H26N2O4/c1-3-16-9-5-7-11-19(16)24-21(26)15-29-23(28)18-13-22(27)25(14-18)20-12-8-6-10-17(20)4-2/h5-12,18H,3-4,13-15H2,1-2H3,(H,24,26)/t18-/m1/s1. The third kappa shape index (κ3) is 4.83. The zero-order valence-corrected chi connectivity index (χ0v) is 16.8. The molecule has 6 heteroatoms. The molecule has 0 spiro atoms. The van der Waals surface area contributed by atoms with Gasteiger partial charge in [-0.05, 0) is 36.1 Å². The Morgan fingerprint density at radius 2 is 1.69 bits per heavy atom. The maximum atomic E-state index is 12.4. The highest BCUT2D eigenvalue weighted by Gasteiger charge is 2.37. The van der Waals surface area contributed by atoms with Crippen molar-refractivity contribution in [3.8, 4) is 0 Å². The van der Waals surface area contributed by atoms with Crippen LogP contribution in [0, 0.1) is 5.92 Å². The molecule has 2 aromatic rings. The lowest BCUT2D eigenvalue weighted by molar-refractivity contribution is -0.151. The van der Waals surface area contributed by atoms with Gasteiger partial charge in [0.05, 0.1) is 5.92 Å². The van der Waals surface area contributed by atoms with Crippen molar-refractivity contribution in [3.63, 3.8) is 0 Å². The van der Waals surface area contributed by atoms with Crippen LogP contribution >= 0.6 is 0 Å². The first-order valence-corrected chi connectivity index (χ1v) is 9.96. The molecule has 1 aliphatic rings. The number of amides is 2. The van der Waals surface area contributed by atoms with Crippen LogP contribution in [-0.4, -0.2) is 30.9 Å². The molecule has 2 amide bonds. The van der Waals surface area contributed by atoms with Gasteiger partial charge >= 0.3 is 5.97 Å². The van der Waals surface area contributed by atoms with Crippen LogP contribution in [0.25, 0.3) is 0 Å². The molecule has 0 unspecified atom stereocenters. The van der Waals surface area contributed by atoms with E-state index in [4.69, 9.17) is 4.74 Å². The summed E-state index contributed by atoms with van der Waals surface area (Å²) in [6.45, 7) is 3.94. The zero-order valence-electron chi connectivity index (χ0n) is 16.8. The average molecular weight is 394 g/mol. The summed E-state index contributed by atoms with van der Waals surface area (Å²) in [6.07, 6.45) is 1.68. The van der Waals surface area contributed by atoms with Gasteiger partial charge in [0.2, 0.25) is 5.91 Å². The largest absolute Gasteiger partial charge is 0.455 e. The minimum absolute atomic E-state index is 0.0944. The van der Waals surface area contributed by atoms with Crippen molar-refractivity contribution in [1.29, 1.82) is 0 Å². The fourth-order valence-corrected chi connectivity index (χ4v) is 3.56. The highest BCUT2D eigenvalue weighted by Crippen LogP contribution is 2.29. The van der Waals surface area contributed by atoms with Gasteiger partial charge in [-0.15, -0.1) is 0 Å². The number of ether oxygens (including phenoxy) is 1. The second-order valence-corrected chi connectivity index (χ2v) is 7.05. The Labute approximate surface area is 170 Å². The molecule has 1 aliphatic heterocycles. The van der Waals surface area contributed by atoms with E-state index in [2.05, 4.69) is 5.32 Å². The van der Waals surface area contributed by atoms with Crippen LogP contribution in [0.4, 0.5) is 11.4 Å². The number of anilines is 2. The Hall–Kier alpha value is -3.15. The van der Waals surface area contributed by atoms with E-state index < -0.39 is 17.8 Å². The lowest BCUT2D eigenvalue weighted by atomic mass is 10.1. The molecule has 0 aliphatic carbocycles. The lowest BCUT2D eigenvalue weighted by Gasteiger charge is -2.19. The third-order valence-electron chi connectivity index (χ3n) is 5.14. The van der Waals surface area contributed by atoms with Crippen LogP contribution in [0.3, 0.4) is 0 Å². The summed E-state index contributed by atoms with van der Waals surface area (Å²) in [5.74, 6) is -1.58. The number of hydrogen-bond donors (Lipinski definition) is 1. The highest BCUT2D eigenvalue weighted by molar-refractivity contribution is 6.00. The Kier molecular flexibility index (Phi) is 6.65. The van der Waals surface area contributed by atoms with Crippen LogP contribution in [0.1, 0.15) is 31.4 Å². The average Bonchev–Trinajstić information content (AvgIpc) is 3.13. The smallest absolute Gasteiger partial charge is 0.311 e. The monoisotopic (exact) mass is 394 g/mol. The van der Waals surface area contributed by atoms with Crippen LogP contribution in [0.2, 0.25) is 0 Å². The Balaban J connectivity index is 1.56. The minimum Gasteiger partial charge on any atom is -0.455 e. The molecule has 0 radical (unpaired) electrons. The molecule has 1 saturated heterocycles. The van der Waals surface area contributed by atoms with E-state index in [1.807, 2.05) is 62.4 Å². The van der Waals surface area contributed by atoms with Gasteiger partial charge in [-0.2, -0.15) is 0 Å². The van der Waals surface area contributed by atoms with Gasteiger partial charge in [-0.3, -0.25) is 14.4 Å². The second-order valence-electron chi connectivity index (χ2n) is 7.05. The number of para-hydroxylation sites is 2. The molecule has 3 rings (SSSR count). The summed E-state index contributed by atoms with van der Waals surface area (Å²) in [4.78, 5) is 38.7.